The Bertz CT molecular complexity index is 904. The maximum atomic E-state index is 12.5. The lowest BCUT2D eigenvalue weighted by atomic mass is 10.4. The largest absolute Gasteiger partial charge is 0.224 e. The highest BCUT2D eigenvalue weighted by molar-refractivity contribution is 7.92. The molecule has 2 aromatic carbocycles. The van der Waals surface area contributed by atoms with Crippen LogP contribution in [0.5, 0.6) is 0 Å². The van der Waals surface area contributed by atoms with Crippen molar-refractivity contribution < 1.29 is 16.8 Å². The number of hydrogen-bond donors (Lipinski definition) is 0. The molecule has 0 saturated heterocycles. The zero-order chi connectivity index (χ0) is 15.8. The van der Waals surface area contributed by atoms with E-state index in [1.165, 1.54) is 36.4 Å². The van der Waals surface area contributed by atoms with Gasteiger partial charge in [-0.3, -0.25) is 0 Å². The molecule has 2 aromatic rings. The molecular weight excluding hydrogens is 355 g/mol. The van der Waals surface area contributed by atoms with Gasteiger partial charge in [-0.25, -0.2) is 16.8 Å². The Morgan fingerprint density at radius 2 is 1.33 bits per heavy atom. The Balaban J connectivity index is 2.62. The van der Waals surface area contributed by atoms with Gasteiger partial charge < -0.3 is 0 Å². The molecule has 0 heterocycles. The van der Waals surface area contributed by atoms with Crippen molar-refractivity contribution in [1.82, 2.24) is 0 Å². The predicted octanol–water partition coefficient (Wildman–Crippen LogP) is 3.23. The van der Waals surface area contributed by atoms with E-state index in [-0.39, 0.29) is 24.7 Å². The van der Waals surface area contributed by atoms with Crippen LogP contribution in [-0.4, -0.2) is 23.1 Å². The molecule has 0 amide bonds. The first-order valence-electron chi connectivity index (χ1n) is 5.62. The molecule has 21 heavy (non-hydrogen) atoms. The van der Waals surface area contributed by atoms with Crippen molar-refractivity contribution in [2.75, 3.05) is 6.26 Å². The smallest absolute Gasteiger partial charge is 0.206 e. The van der Waals surface area contributed by atoms with Gasteiger partial charge in [0, 0.05) is 6.26 Å². The zero-order valence-electron chi connectivity index (χ0n) is 10.7. The summed E-state index contributed by atoms with van der Waals surface area (Å²) in [5.41, 5.74) is 0. The zero-order valence-corrected chi connectivity index (χ0v) is 13.9. The fraction of sp³-hybridized carbons (Fsp3) is 0.0769. The maximum absolute atomic E-state index is 12.5. The fourth-order valence-corrected chi connectivity index (χ4v) is 4.09. The molecule has 0 N–H and O–H groups in total. The van der Waals surface area contributed by atoms with Gasteiger partial charge in [0.05, 0.1) is 24.7 Å². The minimum atomic E-state index is -3.87. The van der Waals surface area contributed by atoms with Gasteiger partial charge in [-0.2, -0.15) is 0 Å². The Labute approximate surface area is 133 Å². The van der Waals surface area contributed by atoms with E-state index in [0.717, 1.165) is 12.3 Å². The summed E-state index contributed by atoms with van der Waals surface area (Å²) < 4.78 is 48.0. The van der Waals surface area contributed by atoms with Crippen LogP contribution in [0.1, 0.15) is 0 Å². The first-order chi connectivity index (χ1) is 9.62. The second-order valence-electron chi connectivity index (χ2n) is 4.33. The van der Waals surface area contributed by atoms with Crippen LogP contribution in [-0.2, 0) is 19.7 Å². The van der Waals surface area contributed by atoms with Crippen LogP contribution < -0.4 is 0 Å². The summed E-state index contributed by atoms with van der Waals surface area (Å²) in [6, 6.07) is 9.07. The van der Waals surface area contributed by atoms with Crippen molar-refractivity contribution in [3.05, 3.63) is 52.5 Å². The third kappa shape index (κ3) is 3.40. The molecule has 0 spiro atoms. The van der Waals surface area contributed by atoms with E-state index >= 15 is 0 Å². The number of hydrogen-bond acceptors (Lipinski definition) is 4. The van der Waals surface area contributed by atoms with E-state index in [0.29, 0.717) is 0 Å². The monoisotopic (exact) mass is 364 g/mol. The normalized spacial score (nSPS) is 12.3. The molecular formula is C13H10Cl2O4S2. The predicted molar refractivity (Wildman–Crippen MR) is 81.5 cm³/mol. The van der Waals surface area contributed by atoms with Crippen LogP contribution in [0.2, 0.25) is 10.0 Å². The van der Waals surface area contributed by atoms with Crippen molar-refractivity contribution in [1.29, 1.82) is 0 Å². The molecule has 8 heteroatoms. The van der Waals surface area contributed by atoms with Crippen LogP contribution in [0.3, 0.4) is 0 Å². The van der Waals surface area contributed by atoms with Gasteiger partial charge in [-0.1, -0.05) is 29.3 Å². The molecule has 4 nitrogen and oxygen atoms in total. The highest BCUT2D eigenvalue weighted by Gasteiger charge is 2.20. The number of sulfone groups is 2. The van der Waals surface area contributed by atoms with Crippen LogP contribution >= 0.6 is 23.2 Å². The topological polar surface area (TPSA) is 68.3 Å². The van der Waals surface area contributed by atoms with Crippen molar-refractivity contribution >= 4 is 42.9 Å². The molecule has 2 rings (SSSR count). The van der Waals surface area contributed by atoms with Crippen LogP contribution in [0.15, 0.2) is 57.2 Å². The van der Waals surface area contributed by atoms with E-state index in [4.69, 9.17) is 23.2 Å². The van der Waals surface area contributed by atoms with E-state index in [1.54, 1.807) is 0 Å². The summed E-state index contributed by atoms with van der Waals surface area (Å²) >= 11 is 11.6. The molecule has 0 aliphatic heterocycles. The molecule has 112 valence electrons. The minimum absolute atomic E-state index is 0.0532. The van der Waals surface area contributed by atoms with Crippen LogP contribution in [0.4, 0.5) is 0 Å². The Morgan fingerprint density at radius 1 is 0.762 bits per heavy atom. The molecule has 0 aromatic heterocycles. The maximum Gasteiger partial charge on any atom is 0.206 e. The average Bonchev–Trinajstić information content (AvgIpc) is 2.41. The Kier molecular flexibility index (Phi) is 4.35. The van der Waals surface area contributed by atoms with Crippen LogP contribution in [0.25, 0.3) is 0 Å². The van der Waals surface area contributed by atoms with Crippen molar-refractivity contribution in [2.24, 2.45) is 0 Å². The molecule has 0 saturated carbocycles. The third-order valence-corrected chi connectivity index (χ3v) is 6.34. The lowest BCUT2D eigenvalue weighted by Crippen LogP contribution is -2.04. The summed E-state index contributed by atoms with van der Waals surface area (Å²) in [4.78, 5) is -0.241. The van der Waals surface area contributed by atoms with Crippen molar-refractivity contribution in [2.45, 2.75) is 14.7 Å². The Hall–Kier alpha value is -1.08. The first-order valence-corrected chi connectivity index (χ1v) is 9.76. The molecule has 0 bridgehead atoms. The summed E-state index contributed by atoms with van der Waals surface area (Å²) in [5, 5.41) is 0.345. The number of benzene rings is 2. The number of halogens is 2. The SMILES string of the molecule is CS(=O)(=O)c1cccc(S(=O)(=O)c2ccc(Cl)c(Cl)c2)c1. The van der Waals surface area contributed by atoms with E-state index < -0.39 is 19.7 Å². The van der Waals surface area contributed by atoms with Gasteiger partial charge >= 0.3 is 0 Å². The molecule has 0 atom stereocenters. The average molecular weight is 365 g/mol. The molecule has 0 radical (unpaired) electrons. The summed E-state index contributed by atoms with van der Waals surface area (Å²) in [6.45, 7) is 0. The first kappa shape index (κ1) is 16.3. The van der Waals surface area contributed by atoms with Gasteiger partial charge in [0.25, 0.3) is 0 Å². The standard InChI is InChI=1S/C13H10Cl2O4S2/c1-20(16,17)9-3-2-4-10(7-9)21(18,19)11-5-6-12(14)13(15)8-11/h2-8H,1H3. The van der Waals surface area contributed by atoms with Crippen molar-refractivity contribution in [3.8, 4) is 0 Å². The lowest BCUT2D eigenvalue weighted by Gasteiger charge is -2.07. The second kappa shape index (κ2) is 5.61. The van der Waals surface area contributed by atoms with E-state index in [9.17, 15) is 16.8 Å². The Morgan fingerprint density at radius 3 is 1.90 bits per heavy atom. The van der Waals surface area contributed by atoms with Gasteiger partial charge in [0.1, 0.15) is 0 Å². The summed E-state index contributed by atoms with van der Waals surface area (Å²) in [6.07, 6.45) is 1.01. The number of rotatable bonds is 3. The van der Waals surface area contributed by atoms with Gasteiger partial charge in [0.15, 0.2) is 9.84 Å². The van der Waals surface area contributed by atoms with Gasteiger partial charge in [-0.05, 0) is 36.4 Å². The fourth-order valence-electron chi connectivity index (χ4n) is 1.65. The summed E-state index contributed by atoms with van der Waals surface area (Å²) in [7, 11) is -7.36. The summed E-state index contributed by atoms with van der Waals surface area (Å²) in [5.74, 6) is 0. The van der Waals surface area contributed by atoms with Crippen molar-refractivity contribution in [3.63, 3.8) is 0 Å². The molecule has 0 fully saturated rings. The quantitative estimate of drug-likeness (QED) is 0.838. The third-order valence-electron chi connectivity index (χ3n) is 2.75. The second-order valence-corrected chi connectivity index (χ2v) is 9.11. The molecule has 0 aliphatic rings. The van der Waals surface area contributed by atoms with Gasteiger partial charge in [0.2, 0.25) is 9.84 Å². The molecule has 0 aliphatic carbocycles. The minimum Gasteiger partial charge on any atom is -0.224 e. The lowest BCUT2D eigenvalue weighted by molar-refractivity contribution is 0.595. The van der Waals surface area contributed by atoms with Crippen LogP contribution in [0, 0.1) is 0 Å². The van der Waals surface area contributed by atoms with E-state index in [1.807, 2.05) is 0 Å². The highest BCUT2D eigenvalue weighted by atomic mass is 35.5. The van der Waals surface area contributed by atoms with Gasteiger partial charge in [-0.15, -0.1) is 0 Å². The molecule has 0 unspecified atom stereocenters. The van der Waals surface area contributed by atoms with E-state index in [2.05, 4.69) is 0 Å². The highest BCUT2D eigenvalue weighted by Crippen LogP contribution is 2.29.